The molecule has 0 spiro atoms. The summed E-state index contributed by atoms with van der Waals surface area (Å²) in [6, 6.07) is 0. The molecule has 0 aliphatic carbocycles. The molecule has 0 aromatic heterocycles. The van der Waals surface area contributed by atoms with E-state index in [0.717, 1.165) is 26.1 Å². The predicted molar refractivity (Wildman–Crippen MR) is 58.1 cm³/mol. The number of rotatable bonds is 5. The van der Waals surface area contributed by atoms with Gasteiger partial charge in [0.15, 0.2) is 6.29 Å². The van der Waals surface area contributed by atoms with E-state index in [9.17, 15) is 0 Å². The molecule has 0 bridgehead atoms. The van der Waals surface area contributed by atoms with Crippen LogP contribution < -0.4 is 0 Å². The molecule has 1 aliphatic rings. The second-order valence-corrected chi connectivity index (χ2v) is 4.76. The van der Waals surface area contributed by atoms with Crippen molar-refractivity contribution in [2.75, 3.05) is 13.2 Å². The molecule has 1 fully saturated rings. The van der Waals surface area contributed by atoms with Crippen LogP contribution in [0.3, 0.4) is 0 Å². The fraction of sp³-hybridized carbons (Fsp3) is 0.833. The molecule has 0 radical (unpaired) electrons. The zero-order valence-electron chi connectivity index (χ0n) is 9.42. The normalized spacial score (nSPS) is 23.4. The summed E-state index contributed by atoms with van der Waals surface area (Å²) in [6.45, 7) is 9.75. The monoisotopic (exact) mass is 198 g/mol. The number of ether oxygens (including phenoxy) is 2. The van der Waals surface area contributed by atoms with E-state index in [1.54, 1.807) is 0 Å². The quantitative estimate of drug-likeness (QED) is 0.632. The van der Waals surface area contributed by atoms with E-state index in [0.29, 0.717) is 0 Å². The summed E-state index contributed by atoms with van der Waals surface area (Å²) in [6.07, 6.45) is 6.42. The molecular weight excluding hydrogens is 176 g/mol. The van der Waals surface area contributed by atoms with Gasteiger partial charge >= 0.3 is 0 Å². The molecule has 1 atom stereocenters. The van der Waals surface area contributed by atoms with Crippen LogP contribution in [0.2, 0.25) is 0 Å². The van der Waals surface area contributed by atoms with Gasteiger partial charge in [0, 0.05) is 6.61 Å². The maximum absolute atomic E-state index is 5.73. The van der Waals surface area contributed by atoms with Gasteiger partial charge in [-0.2, -0.15) is 0 Å². The maximum Gasteiger partial charge on any atom is 0.157 e. The molecule has 0 aromatic carbocycles. The van der Waals surface area contributed by atoms with Gasteiger partial charge in [-0.05, 0) is 31.1 Å². The van der Waals surface area contributed by atoms with E-state index < -0.39 is 0 Å². The van der Waals surface area contributed by atoms with E-state index in [-0.39, 0.29) is 11.7 Å². The van der Waals surface area contributed by atoms with Gasteiger partial charge in [0.05, 0.1) is 6.61 Å². The molecule has 1 heterocycles. The lowest BCUT2D eigenvalue weighted by Crippen LogP contribution is -2.28. The van der Waals surface area contributed by atoms with Gasteiger partial charge in [0.2, 0.25) is 0 Å². The van der Waals surface area contributed by atoms with Gasteiger partial charge in [0.25, 0.3) is 0 Å². The van der Waals surface area contributed by atoms with Crippen molar-refractivity contribution in [2.45, 2.75) is 45.8 Å². The Morgan fingerprint density at radius 3 is 2.86 bits per heavy atom. The van der Waals surface area contributed by atoms with Crippen LogP contribution in [0.15, 0.2) is 12.7 Å². The largest absolute Gasteiger partial charge is 0.353 e. The molecule has 0 amide bonds. The Balaban J connectivity index is 2.20. The van der Waals surface area contributed by atoms with E-state index in [4.69, 9.17) is 9.47 Å². The summed E-state index contributed by atoms with van der Waals surface area (Å²) >= 11 is 0. The standard InChI is InChI=1S/C12H22O2/c1-4-8-12(2,3)10-14-11-7-5-6-9-13-11/h4,11H,1,5-10H2,2-3H3. The second-order valence-electron chi connectivity index (χ2n) is 4.76. The maximum atomic E-state index is 5.73. The highest BCUT2D eigenvalue weighted by Gasteiger charge is 2.20. The van der Waals surface area contributed by atoms with Crippen LogP contribution in [0.1, 0.15) is 39.5 Å². The number of hydrogen-bond donors (Lipinski definition) is 0. The second kappa shape index (κ2) is 5.52. The minimum atomic E-state index is 0.0350. The first-order chi connectivity index (χ1) is 6.64. The SMILES string of the molecule is C=CCC(C)(C)COC1CCCCO1. The summed E-state index contributed by atoms with van der Waals surface area (Å²) in [5, 5.41) is 0. The summed E-state index contributed by atoms with van der Waals surface area (Å²) in [5.74, 6) is 0. The molecule has 2 nitrogen and oxygen atoms in total. The van der Waals surface area contributed by atoms with E-state index in [1.807, 2.05) is 6.08 Å². The zero-order chi connectivity index (χ0) is 10.4. The minimum absolute atomic E-state index is 0.0350. The van der Waals surface area contributed by atoms with Crippen molar-refractivity contribution in [3.63, 3.8) is 0 Å². The first-order valence-corrected chi connectivity index (χ1v) is 5.48. The van der Waals surface area contributed by atoms with Crippen LogP contribution in [0.5, 0.6) is 0 Å². The highest BCUT2D eigenvalue weighted by atomic mass is 16.7. The van der Waals surface area contributed by atoms with Crippen molar-refractivity contribution < 1.29 is 9.47 Å². The van der Waals surface area contributed by atoms with Crippen molar-refractivity contribution in [2.24, 2.45) is 5.41 Å². The molecule has 0 aromatic rings. The predicted octanol–water partition coefficient (Wildman–Crippen LogP) is 3.13. The molecule has 2 heteroatoms. The van der Waals surface area contributed by atoms with Crippen LogP contribution in [-0.2, 0) is 9.47 Å². The molecule has 1 unspecified atom stereocenters. The highest BCUT2D eigenvalue weighted by Crippen LogP contribution is 2.23. The fourth-order valence-corrected chi connectivity index (χ4v) is 1.61. The van der Waals surface area contributed by atoms with Gasteiger partial charge in [0.1, 0.15) is 0 Å². The van der Waals surface area contributed by atoms with Crippen LogP contribution >= 0.6 is 0 Å². The summed E-state index contributed by atoms with van der Waals surface area (Å²) in [5.41, 5.74) is 0.183. The fourth-order valence-electron chi connectivity index (χ4n) is 1.61. The summed E-state index contributed by atoms with van der Waals surface area (Å²) in [4.78, 5) is 0. The topological polar surface area (TPSA) is 18.5 Å². The van der Waals surface area contributed by atoms with Gasteiger partial charge in [-0.15, -0.1) is 6.58 Å². The van der Waals surface area contributed by atoms with Crippen LogP contribution in [0, 0.1) is 5.41 Å². The van der Waals surface area contributed by atoms with Gasteiger partial charge in [-0.25, -0.2) is 0 Å². The average Bonchev–Trinajstić information content (AvgIpc) is 2.17. The Morgan fingerprint density at radius 2 is 2.29 bits per heavy atom. The van der Waals surface area contributed by atoms with Crippen molar-refractivity contribution in [3.05, 3.63) is 12.7 Å². The van der Waals surface area contributed by atoms with Crippen LogP contribution in [-0.4, -0.2) is 19.5 Å². The van der Waals surface area contributed by atoms with E-state index >= 15 is 0 Å². The van der Waals surface area contributed by atoms with Gasteiger partial charge < -0.3 is 9.47 Å². The lowest BCUT2D eigenvalue weighted by Gasteiger charge is -2.28. The summed E-state index contributed by atoms with van der Waals surface area (Å²) in [7, 11) is 0. The third kappa shape index (κ3) is 4.25. The van der Waals surface area contributed by atoms with Gasteiger partial charge in [-0.3, -0.25) is 0 Å². The minimum Gasteiger partial charge on any atom is -0.353 e. The third-order valence-corrected chi connectivity index (χ3v) is 2.49. The Morgan fingerprint density at radius 1 is 1.50 bits per heavy atom. The first-order valence-electron chi connectivity index (χ1n) is 5.48. The molecule has 14 heavy (non-hydrogen) atoms. The lowest BCUT2D eigenvalue weighted by atomic mass is 9.91. The molecule has 82 valence electrons. The zero-order valence-corrected chi connectivity index (χ0v) is 9.42. The van der Waals surface area contributed by atoms with Crippen molar-refractivity contribution >= 4 is 0 Å². The van der Waals surface area contributed by atoms with Crippen molar-refractivity contribution in [1.82, 2.24) is 0 Å². The first kappa shape index (κ1) is 11.7. The Bertz CT molecular complexity index is 169. The number of hydrogen-bond acceptors (Lipinski definition) is 2. The number of allylic oxidation sites excluding steroid dienone is 1. The van der Waals surface area contributed by atoms with Gasteiger partial charge in [-0.1, -0.05) is 19.9 Å². The Labute approximate surface area is 87.3 Å². The Hall–Kier alpha value is -0.340. The van der Waals surface area contributed by atoms with E-state index in [2.05, 4.69) is 20.4 Å². The molecule has 1 saturated heterocycles. The smallest absolute Gasteiger partial charge is 0.157 e. The summed E-state index contributed by atoms with van der Waals surface area (Å²) < 4.78 is 11.2. The van der Waals surface area contributed by atoms with Crippen LogP contribution in [0.25, 0.3) is 0 Å². The lowest BCUT2D eigenvalue weighted by molar-refractivity contribution is -0.175. The van der Waals surface area contributed by atoms with Crippen molar-refractivity contribution in [3.8, 4) is 0 Å². The molecule has 0 N–H and O–H groups in total. The van der Waals surface area contributed by atoms with E-state index in [1.165, 1.54) is 12.8 Å². The highest BCUT2D eigenvalue weighted by molar-refractivity contribution is 4.79. The van der Waals surface area contributed by atoms with Crippen molar-refractivity contribution in [1.29, 1.82) is 0 Å². The molecule has 1 aliphatic heterocycles. The Kier molecular flexibility index (Phi) is 4.63. The van der Waals surface area contributed by atoms with Crippen LogP contribution in [0.4, 0.5) is 0 Å². The third-order valence-electron chi connectivity index (χ3n) is 2.49. The molecule has 1 rings (SSSR count). The molecule has 0 saturated carbocycles. The molecular formula is C12H22O2. The average molecular weight is 198 g/mol.